The Balaban J connectivity index is 3.01. The molecule has 8 heteroatoms. The zero-order valence-corrected chi connectivity index (χ0v) is 11.7. The van der Waals surface area contributed by atoms with Crippen molar-refractivity contribution in [1.29, 1.82) is 5.41 Å². The molecule has 1 aromatic rings. The van der Waals surface area contributed by atoms with Gasteiger partial charge in [-0.2, -0.15) is 13.1 Å². The molecule has 0 unspecified atom stereocenters. The average molecular weight is 288 g/mol. The Morgan fingerprint density at radius 3 is 2.42 bits per heavy atom. The quantitative estimate of drug-likeness (QED) is 0.493. The Bertz CT molecular complexity index is 593. The molecule has 6 nitrogen and oxygen atoms in total. The van der Waals surface area contributed by atoms with Gasteiger partial charge in [-0.15, -0.1) is 0 Å². The monoisotopic (exact) mass is 288 g/mol. The third-order valence-corrected chi connectivity index (χ3v) is 3.33. The first-order valence-electron chi connectivity index (χ1n) is 5.46. The molecule has 0 heterocycles. The highest BCUT2D eigenvalue weighted by molar-refractivity contribution is 7.90. The van der Waals surface area contributed by atoms with Crippen LogP contribution in [0.2, 0.25) is 0 Å². The number of nitrogen functional groups attached to an aromatic ring is 1. The van der Waals surface area contributed by atoms with Gasteiger partial charge in [0.25, 0.3) is 10.2 Å². The third-order valence-electron chi connectivity index (χ3n) is 1.95. The molecular weight excluding hydrogens is 271 g/mol. The van der Waals surface area contributed by atoms with Crippen LogP contribution in [0.4, 0.5) is 10.1 Å². The first-order valence-corrected chi connectivity index (χ1v) is 6.94. The van der Waals surface area contributed by atoms with Crippen LogP contribution in [0.15, 0.2) is 18.2 Å². The molecule has 0 bridgehead atoms. The molecule has 0 aromatic heterocycles. The SMILES string of the molecule is CC(C)(C)NS(=O)(=O)Nc1ccc(F)c(C(=N)N)c1. The minimum atomic E-state index is -3.78. The molecule has 0 amide bonds. The molecule has 19 heavy (non-hydrogen) atoms. The number of nitrogens with one attached hydrogen (secondary N) is 3. The number of hydrogen-bond donors (Lipinski definition) is 4. The van der Waals surface area contributed by atoms with Crippen LogP contribution in [0.5, 0.6) is 0 Å². The molecule has 0 saturated carbocycles. The summed E-state index contributed by atoms with van der Waals surface area (Å²) in [4.78, 5) is 0. The highest BCUT2D eigenvalue weighted by Crippen LogP contribution is 2.16. The van der Waals surface area contributed by atoms with Crippen molar-refractivity contribution < 1.29 is 12.8 Å². The second-order valence-corrected chi connectivity index (χ2v) is 6.48. The lowest BCUT2D eigenvalue weighted by atomic mass is 10.1. The van der Waals surface area contributed by atoms with Crippen molar-refractivity contribution in [2.45, 2.75) is 26.3 Å². The van der Waals surface area contributed by atoms with Crippen molar-refractivity contribution in [2.24, 2.45) is 5.73 Å². The summed E-state index contributed by atoms with van der Waals surface area (Å²) in [5, 5.41) is 7.19. The minimum absolute atomic E-state index is 0.128. The first-order chi connectivity index (χ1) is 8.50. The van der Waals surface area contributed by atoms with Crippen molar-refractivity contribution >= 4 is 21.7 Å². The number of anilines is 1. The number of nitrogens with two attached hydrogens (primary N) is 1. The van der Waals surface area contributed by atoms with Gasteiger partial charge in [0.1, 0.15) is 11.7 Å². The molecule has 0 spiro atoms. The summed E-state index contributed by atoms with van der Waals surface area (Å²) in [6, 6.07) is 3.47. The van der Waals surface area contributed by atoms with E-state index in [0.29, 0.717) is 0 Å². The highest BCUT2D eigenvalue weighted by Gasteiger charge is 2.20. The molecule has 1 rings (SSSR count). The van der Waals surface area contributed by atoms with Gasteiger partial charge in [0.05, 0.1) is 11.3 Å². The Labute approximate surface area is 111 Å². The van der Waals surface area contributed by atoms with Gasteiger partial charge in [-0.25, -0.2) is 4.39 Å². The van der Waals surface area contributed by atoms with E-state index in [2.05, 4.69) is 9.44 Å². The van der Waals surface area contributed by atoms with Gasteiger partial charge in [0.2, 0.25) is 0 Å². The maximum atomic E-state index is 13.3. The van der Waals surface area contributed by atoms with E-state index in [1.807, 2.05) is 0 Å². The van der Waals surface area contributed by atoms with Crippen molar-refractivity contribution in [3.63, 3.8) is 0 Å². The minimum Gasteiger partial charge on any atom is -0.384 e. The molecule has 0 radical (unpaired) electrons. The van der Waals surface area contributed by atoms with Crippen molar-refractivity contribution in [2.75, 3.05) is 4.72 Å². The molecule has 0 atom stereocenters. The first kappa shape index (κ1) is 15.4. The maximum Gasteiger partial charge on any atom is 0.299 e. The predicted molar refractivity (Wildman–Crippen MR) is 72.8 cm³/mol. The maximum absolute atomic E-state index is 13.3. The molecule has 0 aliphatic carbocycles. The van der Waals surface area contributed by atoms with E-state index in [0.717, 1.165) is 6.07 Å². The number of benzene rings is 1. The van der Waals surface area contributed by atoms with Gasteiger partial charge in [-0.1, -0.05) is 0 Å². The number of hydrogen-bond acceptors (Lipinski definition) is 3. The van der Waals surface area contributed by atoms with E-state index >= 15 is 0 Å². The van der Waals surface area contributed by atoms with Crippen LogP contribution in [-0.2, 0) is 10.2 Å². The fourth-order valence-electron chi connectivity index (χ4n) is 1.38. The van der Waals surface area contributed by atoms with Crippen LogP contribution in [0.25, 0.3) is 0 Å². The lowest BCUT2D eigenvalue weighted by molar-refractivity contribution is 0.494. The van der Waals surface area contributed by atoms with Crippen LogP contribution in [0, 0.1) is 11.2 Å². The van der Waals surface area contributed by atoms with Gasteiger partial charge < -0.3 is 5.73 Å². The zero-order valence-electron chi connectivity index (χ0n) is 10.9. The standard InChI is InChI=1S/C11H17FN4O2S/c1-11(2,3)16-19(17,18)15-7-4-5-9(12)8(6-7)10(13)14/h4-6,15-16H,1-3H3,(H3,13,14). The fraction of sp³-hybridized carbons (Fsp3) is 0.364. The second kappa shape index (κ2) is 5.14. The van der Waals surface area contributed by atoms with Gasteiger partial charge >= 0.3 is 0 Å². The van der Waals surface area contributed by atoms with Crippen molar-refractivity contribution in [1.82, 2.24) is 4.72 Å². The van der Waals surface area contributed by atoms with Crippen LogP contribution >= 0.6 is 0 Å². The van der Waals surface area contributed by atoms with Crippen LogP contribution in [0.3, 0.4) is 0 Å². The lowest BCUT2D eigenvalue weighted by Crippen LogP contribution is -2.43. The lowest BCUT2D eigenvalue weighted by Gasteiger charge is -2.21. The number of halogens is 1. The Kier molecular flexibility index (Phi) is 4.16. The van der Waals surface area contributed by atoms with Crippen LogP contribution in [-0.4, -0.2) is 19.8 Å². The third kappa shape index (κ3) is 4.84. The average Bonchev–Trinajstić information content (AvgIpc) is 2.16. The summed E-state index contributed by atoms with van der Waals surface area (Å²) in [5.41, 5.74) is 4.53. The van der Waals surface area contributed by atoms with Gasteiger partial charge in [0, 0.05) is 5.54 Å². The van der Waals surface area contributed by atoms with E-state index in [1.165, 1.54) is 12.1 Å². The summed E-state index contributed by atoms with van der Waals surface area (Å²) >= 11 is 0. The predicted octanol–water partition coefficient (Wildman–Crippen LogP) is 1.15. The smallest absolute Gasteiger partial charge is 0.299 e. The van der Waals surface area contributed by atoms with Crippen molar-refractivity contribution in [3.05, 3.63) is 29.6 Å². The summed E-state index contributed by atoms with van der Waals surface area (Å²) in [7, 11) is -3.78. The normalized spacial score (nSPS) is 12.2. The Morgan fingerprint density at radius 1 is 1.37 bits per heavy atom. The Hall–Kier alpha value is -1.67. The largest absolute Gasteiger partial charge is 0.384 e. The van der Waals surface area contributed by atoms with Crippen LogP contribution in [0.1, 0.15) is 26.3 Å². The number of rotatable bonds is 4. The molecule has 106 valence electrons. The van der Waals surface area contributed by atoms with E-state index in [9.17, 15) is 12.8 Å². The summed E-state index contributed by atoms with van der Waals surface area (Å²) in [5.74, 6) is -1.15. The van der Waals surface area contributed by atoms with E-state index < -0.39 is 27.4 Å². The van der Waals surface area contributed by atoms with E-state index in [4.69, 9.17) is 11.1 Å². The summed E-state index contributed by atoms with van der Waals surface area (Å²) < 4.78 is 41.5. The molecule has 0 fully saturated rings. The molecule has 0 aliphatic heterocycles. The zero-order chi connectivity index (χ0) is 14.8. The highest BCUT2D eigenvalue weighted by atomic mass is 32.2. The van der Waals surface area contributed by atoms with Crippen LogP contribution < -0.4 is 15.2 Å². The molecular formula is C11H17FN4O2S. The van der Waals surface area contributed by atoms with Gasteiger partial charge in [0.15, 0.2) is 0 Å². The summed E-state index contributed by atoms with van der Waals surface area (Å²) in [6.07, 6.45) is 0. The molecule has 1 aromatic carbocycles. The van der Waals surface area contributed by atoms with Gasteiger partial charge in [-0.05, 0) is 39.0 Å². The van der Waals surface area contributed by atoms with E-state index in [-0.39, 0.29) is 11.3 Å². The fourth-order valence-corrected chi connectivity index (χ4v) is 2.67. The van der Waals surface area contributed by atoms with E-state index in [1.54, 1.807) is 20.8 Å². The second-order valence-electron chi connectivity index (χ2n) is 5.07. The molecule has 0 aliphatic rings. The molecule has 0 saturated heterocycles. The van der Waals surface area contributed by atoms with Gasteiger partial charge in [-0.3, -0.25) is 10.1 Å². The molecule has 5 N–H and O–H groups in total. The van der Waals surface area contributed by atoms with Crippen molar-refractivity contribution in [3.8, 4) is 0 Å². The Morgan fingerprint density at radius 2 is 1.95 bits per heavy atom. The number of amidine groups is 1. The summed E-state index contributed by atoms with van der Waals surface area (Å²) in [6.45, 7) is 5.08. The topological polar surface area (TPSA) is 108 Å².